The van der Waals surface area contributed by atoms with Crippen molar-refractivity contribution in [2.45, 2.75) is 39.5 Å². The summed E-state index contributed by atoms with van der Waals surface area (Å²) in [6.07, 6.45) is 1.82. The molecule has 0 amide bonds. The van der Waals surface area contributed by atoms with Crippen LogP contribution in [0.5, 0.6) is 0 Å². The van der Waals surface area contributed by atoms with Gasteiger partial charge in [0.2, 0.25) is 0 Å². The van der Waals surface area contributed by atoms with Crippen molar-refractivity contribution < 1.29 is 0 Å². The van der Waals surface area contributed by atoms with E-state index in [1.807, 2.05) is 42.6 Å². The summed E-state index contributed by atoms with van der Waals surface area (Å²) in [6.45, 7) is 8.89. The van der Waals surface area contributed by atoms with Gasteiger partial charge in [0.05, 0.1) is 17.1 Å². The summed E-state index contributed by atoms with van der Waals surface area (Å²) in [7, 11) is 0. The van der Waals surface area contributed by atoms with Gasteiger partial charge in [0.15, 0.2) is 0 Å². The Balaban J connectivity index is 2.27. The zero-order valence-electron chi connectivity index (χ0n) is 16.0. The third-order valence-corrected chi connectivity index (χ3v) is 4.52. The van der Waals surface area contributed by atoms with Crippen LogP contribution in [0.3, 0.4) is 0 Å². The molecule has 0 aliphatic heterocycles. The van der Waals surface area contributed by atoms with Crippen LogP contribution < -0.4 is 0 Å². The standard InChI is InChI=1S/C24H26N2/c1-17(2)20-13-10-14-21(18(3)4)24(20)26-23(19-11-6-5-7-12-19)22-15-8-9-16-25-22/h5-18H,1-4H3. The van der Waals surface area contributed by atoms with Crippen molar-refractivity contribution in [1.29, 1.82) is 0 Å². The van der Waals surface area contributed by atoms with Crippen LogP contribution in [0.15, 0.2) is 77.9 Å². The number of aliphatic imine (C=N–C) groups is 1. The quantitative estimate of drug-likeness (QED) is 0.486. The van der Waals surface area contributed by atoms with Crippen molar-refractivity contribution in [3.05, 3.63) is 95.3 Å². The van der Waals surface area contributed by atoms with Crippen LogP contribution >= 0.6 is 0 Å². The van der Waals surface area contributed by atoms with Crippen molar-refractivity contribution >= 4 is 11.4 Å². The molecule has 0 saturated carbocycles. The van der Waals surface area contributed by atoms with Gasteiger partial charge in [-0.2, -0.15) is 0 Å². The molecule has 0 N–H and O–H groups in total. The summed E-state index contributed by atoms with van der Waals surface area (Å²) in [6, 6.07) is 22.8. The largest absolute Gasteiger partial charge is 0.255 e. The Hall–Kier alpha value is -2.74. The molecule has 3 aromatic rings. The van der Waals surface area contributed by atoms with Crippen LogP contribution in [0, 0.1) is 0 Å². The minimum absolute atomic E-state index is 0.410. The van der Waals surface area contributed by atoms with Gasteiger partial charge in [-0.25, -0.2) is 4.99 Å². The summed E-state index contributed by atoms with van der Waals surface area (Å²) in [5, 5.41) is 0. The summed E-state index contributed by atoms with van der Waals surface area (Å²) >= 11 is 0. The first kappa shape index (κ1) is 18.1. The van der Waals surface area contributed by atoms with E-state index in [2.05, 4.69) is 63.0 Å². The van der Waals surface area contributed by atoms with E-state index in [1.54, 1.807) is 0 Å². The van der Waals surface area contributed by atoms with Crippen LogP contribution in [0.25, 0.3) is 0 Å². The first-order valence-corrected chi connectivity index (χ1v) is 9.26. The van der Waals surface area contributed by atoms with Crippen LogP contribution in [-0.4, -0.2) is 10.7 Å². The normalized spacial score (nSPS) is 12.0. The van der Waals surface area contributed by atoms with Gasteiger partial charge in [-0.05, 0) is 35.1 Å². The Labute approximate surface area is 156 Å². The van der Waals surface area contributed by atoms with Gasteiger partial charge in [0.1, 0.15) is 0 Å². The summed E-state index contributed by atoms with van der Waals surface area (Å²) in [5.74, 6) is 0.821. The zero-order chi connectivity index (χ0) is 18.5. The predicted octanol–water partition coefficient (Wildman–Crippen LogP) is 6.50. The predicted molar refractivity (Wildman–Crippen MR) is 111 cm³/mol. The maximum atomic E-state index is 5.20. The molecular formula is C24H26N2. The number of aromatic nitrogens is 1. The van der Waals surface area contributed by atoms with Crippen LogP contribution in [-0.2, 0) is 0 Å². The smallest absolute Gasteiger partial charge is 0.0965 e. The van der Waals surface area contributed by atoms with Crippen LogP contribution in [0.1, 0.15) is 61.9 Å². The molecule has 26 heavy (non-hydrogen) atoms. The Morgan fingerprint density at radius 1 is 0.731 bits per heavy atom. The average Bonchev–Trinajstić information content (AvgIpc) is 2.67. The van der Waals surface area contributed by atoms with Gasteiger partial charge in [-0.1, -0.05) is 82.3 Å². The highest BCUT2D eigenvalue weighted by molar-refractivity contribution is 6.13. The van der Waals surface area contributed by atoms with Gasteiger partial charge in [-0.3, -0.25) is 4.98 Å². The maximum absolute atomic E-state index is 5.20. The molecule has 0 unspecified atom stereocenters. The van der Waals surface area contributed by atoms with Crippen LogP contribution in [0.4, 0.5) is 5.69 Å². The molecule has 2 heteroatoms. The van der Waals surface area contributed by atoms with Gasteiger partial charge in [0.25, 0.3) is 0 Å². The number of para-hydroxylation sites is 1. The summed E-state index contributed by atoms with van der Waals surface area (Å²) in [4.78, 5) is 9.77. The maximum Gasteiger partial charge on any atom is 0.0965 e. The highest BCUT2D eigenvalue weighted by atomic mass is 14.8. The lowest BCUT2D eigenvalue weighted by Crippen LogP contribution is -2.06. The second-order valence-corrected chi connectivity index (χ2v) is 7.14. The van der Waals surface area contributed by atoms with Crippen molar-refractivity contribution in [2.75, 3.05) is 0 Å². The minimum Gasteiger partial charge on any atom is -0.255 e. The molecule has 3 rings (SSSR count). The molecule has 2 aromatic carbocycles. The van der Waals surface area contributed by atoms with Crippen molar-refractivity contribution in [1.82, 2.24) is 4.98 Å². The number of rotatable bonds is 5. The molecule has 0 aliphatic rings. The molecule has 0 aliphatic carbocycles. The van der Waals surface area contributed by atoms with E-state index in [4.69, 9.17) is 4.99 Å². The second kappa shape index (κ2) is 8.09. The number of hydrogen-bond donors (Lipinski definition) is 0. The van der Waals surface area contributed by atoms with E-state index < -0.39 is 0 Å². The lowest BCUT2D eigenvalue weighted by molar-refractivity contribution is 0.834. The van der Waals surface area contributed by atoms with E-state index in [0.717, 1.165) is 22.7 Å². The van der Waals surface area contributed by atoms with E-state index in [9.17, 15) is 0 Å². The lowest BCUT2D eigenvalue weighted by atomic mass is 9.92. The molecule has 0 saturated heterocycles. The molecule has 0 bridgehead atoms. The Bertz CT molecular complexity index is 811. The molecule has 0 spiro atoms. The number of nitrogens with zero attached hydrogens (tertiary/aromatic N) is 2. The van der Waals surface area contributed by atoms with Crippen molar-refractivity contribution in [3.8, 4) is 0 Å². The Morgan fingerprint density at radius 2 is 1.35 bits per heavy atom. The molecule has 1 aromatic heterocycles. The van der Waals surface area contributed by atoms with Crippen LogP contribution in [0.2, 0.25) is 0 Å². The van der Waals surface area contributed by atoms with Gasteiger partial charge in [0, 0.05) is 11.8 Å². The summed E-state index contributed by atoms with van der Waals surface area (Å²) < 4.78 is 0. The molecular weight excluding hydrogens is 316 g/mol. The summed E-state index contributed by atoms with van der Waals surface area (Å²) in [5.41, 5.74) is 6.54. The minimum atomic E-state index is 0.410. The fourth-order valence-corrected chi connectivity index (χ4v) is 3.12. The van der Waals surface area contributed by atoms with Crippen molar-refractivity contribution in [2.24, 2.45) is 4.99 Å². The zero-order valence-corrected chi connectivity index (χ0v) is 16.0. The third kappa shape index (κ3) is 3.91. The topological polar surface area (TPSA) is 25.2 Å². The Kier molecular flexibility index (Phi) is 5.62. The highest BCUT2D eigenvalue weighted by Gasteiger charge is 2.16. The van der Waals surface area contributed by atoms with E-state index in [-0.39, 0.29) is 0 Å². The monoisotopic (exact) mass is 342 g/mol. The molecule has 0 atom stereocenters. The molecule has 2 nitrogen and oxygen atoms in total. The fraction of sp³-hybridized carbons (Fsp3) is 0.250. The van der Waals surface area contributed by atoms with Gasteiger partial charge < -0.3 is 0 Å². The molecule has 1 heterocycles. The number of pyridine rings is 1. The highest BCUT2D eigenvalue weighted by Crippen LogP contribution is 2.35. The lowest BCUT2D eigenvalue weighted by Gasteiger charge is -2.18. The number of hydrogen-bond acceptors (Lipinski definition) is 2. The third-order valence-electron chi connectivity index (χ3n) is 4.52. The number of benzene rings is 2. The van der Waals surface area contributed by atoms with Gasteiger partial charge in [-0.15, -0.1) is 0 Å². The molecule has 0 fully saturated rings. The van der Waals surface area contributed by atoms with E-state index in [1.165, 1.54) is 11.1 Å². The second-order valence-electron chi connectivity index (χ2n) is 7.14. The fourth-order valence-electron chi connectivity index (χ4n) is 3.12. The van der Waals surface area contributed by atoms with E-state index in [0.29, 0.717) is 11.8 Å². The first-order chi connectivity index (χ1) is 12.6. The molecule has 0 radical (unpaired) electrons. The first-order valence-electron chi connectivity index (χ1n) is 9.26. The van der Waals surface area contributed by atoms with E-state index >= 15 is 0 Å². The Morgan fingerprint density at radius 3 is 1.88 bits per heavy atom. The average molecular weight is 342 g/mol. The van der Waals surface area contributed by atoms with Gasteiger partial charge >= 0.3 is 0 Å². The van der Waals surface area contributed by atoms with Crippen molar-refractivity contribution in [3.63, 3.8) is 0 Å². The SMILES string of the molecule is CC(C)c1cccc(C(C)C)c1N=C(c1ccccc1)c1ccccn1. The molecule has 132 valence electrons.